The fourth-order valence-corrected chi connectivity index (χ4v) is 3.02. The number of nitrogens with two attached hydrogens (primary N) is 1. The molecule has 0 aliphatic carbocycles. The van der Waals surface area contributed by atoms with E-state index in [1.807, 2.05) is 36.0 Å². The molecule has 0 amide bonds. The van der Waals surface area contributed by atoms with Crippen molar-refractivity contribution in [1.29, 1.82) is 0 Å². The standard InChI is InChI=1S/C13H17NO3S/c14-12(7-13(15)16)9-2-1-3-10(6-9)17-11-4-5-18-8-11/h1-3,6,11-12H,4-5,7-8,14H2,(H,15,16). The normalized spacial score (nSPS) is 20.6. The van der Waals surface area contributed by atoms with Gasteiger partial charge in [-0.1, -0.05) is 12.1 Å². The van der Waals surface area contributed by atoms with Crippen LogP contribution in [-0.4, -0.2) is 28.7 Å². The van der Waals surface area contributed by atoms with Gasteiger partial charge in [-0.05, 0) is 29.9 Å². The van der Waals surface area contributed by atoms with Gasteiger partial charge in [0.05, 0.1) is 6.42 Å². The van der Waals surface area contributed by atoms with Crippen LogP contribution in [0, 0.1) is 0 Å². The molecule has 0 bridgehead atoms. The predicted octanol–water partition coefficient (Wildman–Crippen LogP) is 2.05. The van der Waals surface area contributed by atoms with Gasteiger partial charge in [-0.25, -0.2) is 0 Å². The summed E-state index contributed by atoms with van der Waals surface area (Å²) in [6, 6.07) is 6.94. The smallest absolute Gasteiger partial charge is 0.305 e. The fourth-order valence-electron chi connectivity index (χ4n) is 1.92. The third-order valence-corrected chi connectivity index (χ3v) is 4.00. The van der Waals surface area contributed by atoms with E-state index >= 15 is 0 Å². The molecule has 1 heterocycles. The minimum atomic E-state index is -0.888. The first-order valence-corrected chi connectivity index (χ1v) is 7.12. The Morgan fingerprint density at radius 1 is 1.61 bits per heavy atom. The maximum absolute atomic E-state index is 10.6. The quantitative estimate of drug-likeness (QED) is 0.854. The number of benzene rings is 1. The lowest BCUT2D eigenvalue weighted by Crippen LogP contribution is -2.17. The summed E-state index contributed by atoms with van der Waals surface area (Å²) in [7, 11) is 0. The van der Waals surface area contributed by atoms with Crippen molar-refractivity contribution >= 4 is 17.7 Å². The van der Waals surface area contributed by atoms with E-state index in [1.165, 1.54) is 0 Å². The van der Waals surface area contributed by atoms with Crippen LogP contribution < -0.4 is 10.5 Å². The second kappa shape index (κ2) is 6.11. The van der Waals surface area contributed by atoms with E-state index in [9.17, 15) is 4.79 Å². The van der Waals surface area contributed by atoms with Crippen LogP contribution in [-0.2, 0) is 4.79 Å². The zero-order chi connectivity index (χ0) is 13.0. The van der Waals surface area contributed by atoms with Crippen molar-refractivity contribution in [3.8, 4) is 5.75 Å². The zero-order valence-corrected chi connectivity index (χ0v) is 10.9. The number of rotatable bonds is 5. The lowest BCUT2D eigenvalue weighted by molar-refractivity contribution is -0.137. The summed E-state index contributed by atoms with van der Waals surface area (Å²) in [5.41, 5.74) is 6.64. The number of aliphatic carboxylic acids is 1. The molecule has 0 radical (unpaired) electrons. The van der Waals surface area contributed by atoms with Gasteiger partial charge in [0.15, 0.2) is 0 Å². The largest absolute Gasteiger partial charge is 0.490 e. The van der Waals surface area contributed by atoms with Crippen molar-refractivity contribution < 1.29 is 14.6 Å². The molecule has 1 fully saturated rings. The van der Waals surface area contributed by atoms with Gasteiger partial charge in [0.1, 0.15) is 11.9 Å². The van der Waals surface area contributed by atoms with Gasteiger partial charge < -0.3 is 15.6 Å². The Hall–Kier alpha value is -1.20. The molecule has 4 nitrogen and oxygen atoms in total. The van der Waals surface area contributed by atoms with Crippen molar-refractivity contribution in [2.24, 2.45) is 5.73 Å². The Bertz CT molecular complexity index is 418. The molecular formula is C13H17NO3S. The van der Waals surface area contributed by atoms with Crippen LogP contribution in [0.3, 0.4) is 0 Å². The third-order valence-electron chi connectivity index (χ3n) is 2.87. The Balaban J connectivity index is 2.01. The second-order valence-corrected chi connectivity index (χ2v) is 5.53. The van der Waals surface area contributed by atoms with Crippen molar-refractivity contribution in [3.05, 3.63) is 29.8 Å². The predicted molar refractivity (Wildman–Crippen MR) is 72.0 cm³/mol. The third kappa shape index (κ3) is 3.65. The average molecular weight is 267 g/mol. The molecule has 2 atom stereocenters. The molecule has 5 heteroatoms. The summed E-state index contributed by atoms with van der Waals surface area (Å²) < 4.78 is 5.85. The molecular weight excluding hydrogens is 250 g/mol. The van der Waals surface area contributed by atoms with Gasteiger partial charge in [-0.15, -0.1) is 0 Å². The summed E-state index contributed by atoms with van der Waals surface area (Å²) in [5.74, 6) is 2.05. The number of carboxylic acids is 1. The molecule has 1 aromatic rings. The minimum absolute atomic E-state index is 0.0667. The van der Waals surface area contributed by atoms with E-state index in [2.05, 4.69) is 0 Å². The second-order valence-electron chi connectivity index (χ2n) is 4.38. The zero-order valence-electron chi connectivity index (χ0n) is 10.0. The van der Waals surface area contributed by atoms with Crippen LogP contribution in [0.4, 0.5) is 0 Å². The van der Waals surface area contributed by atoms with Crippen LogP contribution >= 0.6 is 11.8 Å². The summed E-state index contributed by atoms with van der Waals surface area (Å²) in [6.45, 7) is 0. The van der Waals surface area contributed by atoms with Gasteiger partial charge in [0.25, 0.3) is 0 Å². The van der Waals surface area contributed by atoms with Gasteiger partial charge >= 0.3 is 5.97 Å². The van der Waals surface area contributed by atoms with E-state index in [4.69, 9.17) is 15.6 Å². The van der Waals surface area contributed by atoms with Crippen LogP contribution in [0.5, 0.6) is 5.75 Å². The number of carboxylic acid groups (broad SMARTS) is 1. The van der Waals surface area contributed by atoms with Crippen LogP contribution in [0.2, 0.25) is 0 Å². The van der Waals surface area contributed by atoms with Crippen molar-refractivity contribution in [3.63, 3.8) is 0 Å². The van der Waals surface area contributed by atoms with Crippen LogP contribution in [0.15, 0.2) is 24.3 Å². The highest BCUT2D eigenvalue weighted by Crippen LogP contribution is 2.25. The first-order chi connectivity index (χ1) is 8.65. The Kier molecular flexibility index (Phi) is 4.49. The number of carbonyl (C=O) groups is 1. The monoisotopic (exact) mass is 267 g/mol. The van der Waals surface area contributed by atoms with Crippen molar-refractivity contribution in [1.82, 2.24) is 0 Å². The van der Waals surface area contributed by atoms with E-state index in [-0.39, 0.29) is 12.5 Å². The fraction of sp³-hybridized carbons (Fsp3) is 0.462. The molecule has 1 saturated heterocycles. The SMILES string of the molecule is NC(CC(=O)O)c1cccc(OC2CCSC2)c1. The van der Waals surface area contributed by atoms with E-state index < -0.39 is 12.0 Å². The van der Waals surface area contributed by atoms with Gasteiger partial charge in [0, 0.05) is 11.8 Å². The number of hydrogen-bond donors (Lipinski definition) is 2. The number of thioether (sulfide) groups is 1. The highest BCUT2D eigenvalue weighted by atomic mass is 32.2. The first kappa shape index (κ1) is 13.2. The Morgan fingerprint density at radius 2 is 2.44 bits per heavy atom. The molecule has 1 aliphatic rings. The van der Waals surface area contributed by atoms with Gasteiger partial charge in [-0.3, -0.25) is 4.79 Å². The summed E-state index contributed by atoms with van der Waals surface area (Å²) >= 11 is 1.89. The van der Waals surface area contributed by atoms with E-state index in [1.54, 1.807) is 0 Å². The topological polar surface area (TPSA) is 72.6 Å². The van der Waals surface area contributed by atoms with Gasteiger partial charge in [-0.2, -0.15) is 11.8 Å². The first-order valence-electron chi connectivity index (χ1n) is 5.97. The highest BCUT2D eigenvalue weighted by Gasteiger charge is 2.17. The maximum Gasteiger partial charge on any atom is 0.305 e. The Morgan fingerprint density at radius 3 is 3.11 bits per heavy atom. The molecule has 0 saturated carbocycles. The lowest BCUT2D eigenvalue weighted by atomic mass is 10.0. The van der Waals surface area contributed by atoms with Crippen LogP contribution in [0.25, 0.3) is 0 Å². The van der Waals surface area contributed by atoms with Crippen molar-refractivity contribution in [2.75, 3.05) is 11.5 Å². The molecule has 1 aliphatic heterocycles. The molecule has 18 heavy (non-hydrogen) atoms. The average Bonchev–Trinajstić information content (AvgIpc) is 2.81. The molecule has 0 aromatic heterocycles. The lowest BCUT2D eigenvalue weighted by Gasteiger charge is -2.15. The van der Waals surface area contributed by atoms with E-state index in [0.29, 0.717) is 0 Å². The molecule has 2 rings (SSSR count). The molecule has 3 N–H and O–H groups in total. The van der Waals surface area contributed by atoms with Crippen molar-refractivity contribution in [2.45, 2.75) is 25.0 Å². The Labute approximate surface area is 111 Å². The maximum atomic E-state index is 10.6. The molecule has 98 valence electrons. The minimum Gasteiger partial charge on any atom is -0.490 e. The van der Waals surface area contributed by atoms with E-state index in [0.717, 1.165) is 29.2 Å². The molecule has 0 spiro atoms. The number of ether oxygens (including phenoxy) is 1. The summed E-state index contributed by atoms with van der Waals surface area (Å²) in [4.78, 5) is 10.6. The van der Waals surface area contributed by atoms with Gasteiger partial charge in [0.2, 0.25) is 0 Å². The summed E-state index contributed by atoms with van der Waals surface area (Å²) in [5, 5.41) is 8.73. The van der Waals surface area contributed by atoms with Crippen LogP contribution in [0.1, 0.15) is 24.4 Å². The number of hydrogen-bond acceptors (Lipinski definition) is 4. The molecule has 2 unspecified atom stereocenters. The summed E-state index contributed by atoms with van der Waals surface area (Å²) in [6.07, 6.45) is 1.26. The highest BCUT2D eigenvalue weighted by molar-refractivity contribution is 7.99. The molecule has 1 aromatic carbocycles.